The van der Waals surface area contributed by atoms with Crippen LogP contribution in [0.3, 0.4) is 0 Å². The van der Waals surface area contributed by atoms with Gasteiger partial charge >= 0.3 is 0 Å². The molecular formula is C11H19N3O. The zero-order valence-corrected chi connectivity index (χ0v) is 10.1. The zero-order chi connectivity index (χ0) is 12.0. The first-order valence-electron chi connectivity index (χ1n) is 4.93. The third kappa shape index (κ3) is 2.94. The maximum absolute atomic E-state index is 11.6. The van der Waals surface area contributed by atoms with Crippen LogP contribution in [0.4, 0.5) is 5.82 Å². The van der Waals surface area contributed by atoms with Gasteiger partial charge in [-0.2, -0.15) is 0 Å². The van der Waals surface area contributed by atoms with Crippen molar-refractivity contribution in [2.45, 2.75) is 13.8 Å². The van der Waals surface area contributed by atoms with Gasteiger partial charge < -0.3 is 9.47 Å². The van der Waals surface area contributed by atoms with Gasteiger partial charge in [-0.1, -0.05) is 26.5 Å². The molecule has 1 aromatic heterocycles. The van der Waals surface area contributed by atoms with Gasteiger partial charge in [-0.25, -0.2) is 4.98 Å². The van der Waals surface area contributed by atoms with Gasteiger partial charge in [0, 0.05) is 21.1 Å². The SMILES string of the molecule is C=Cc1c(N(C)C)ncn(C)c1=O.CC. The van der Waals surface area contributed by atoms with Crippen LogP contribution in [0.1, 0.15) is 19.4 Å². The van der Waals surface area contributed by atoms with Crippen LogP contribution >= 0.6 is 0 Å². The van der Waals surface area contributed by atoms with E-state index in [1.54, 1.807) is 11.9 Å². The predicted molar refractivity (Wildman–Crippen MR) is 65.2 cm³/mol. The minimum Gasteiger partial charge on any atom is -0.362 e. The van der Waals surface area contributed by atoms with Crippen molar-refractivity contribution >= 4 is 11.9 Å². The third-order valence-corrected chi connectivity index (χ3v) is 1.77. The van der Waals surface area contributed by atoms with Crippen LogP contribution in [0.25, 0.3) is 6.08 Å². The van der Waals surface area contributed by atoms with Gasteiger partial charge in [0.1, 0.15) is 5.82 Å². The average Bonchev–Trinajstić information content (AvgIpc) is 2.24. The monoisotopic (exact) mass is 209 g/mol. The maximum atomic E-state index is 11.6. The molecular weight excluding hydrogens is 190 g/mol. The van der Waals surface area contributed by atoms with E-state index in [1.165, 1.54) is 17.0 Å². The summed E-state index contributed by atoms with van der Waals surface area (Å²) in [5.74, 6) is 0.651. The Labute approximate surface area is 90.9 Å². The van der Waals surface area contributed by atoms with Crippen molar-refractivity contribution < 1.29 is 0 Å². The first-order chi connectivity index (χ1) is 7.07. The topological polar surface area (TPSA) is 38.1 Å². The number of nitrogens with zero attached hydrogens (tertiary/aromatic N) is 3. The van der Waals surface area contributed by atoms with Crippen LogP contribution in [0.2, 0.25) is 0 Å². The second kappa shape index (κ2) is 6.01. The molecule has 0 atom stereocenters. The van der Waals surface area contributed by atoms with Crippen molar-refractivity contribution in [3.8, 4) is 0 Å². The summed E-state index contributed by atoms with van der Waals surface area (Å²) in [6.07, 6.45) is 3.04. The molecule has 0 spiro atoms. The largest absolute Gasteiger partial charge is 0.362 e. The van der Waals surface area contributed by atoms with Gasteiger partial charge in [0.05, 0.1) is 11.9 Å². The van der Waals surface area contributed by atoms with Gasteiger partial charge in [-0.05, 0) is 0 Å². The summed E-state index contributed by atoms with van der Waals surface area (Å²) in [5, 5.41) is 0. The molecule has 0 N–H and O–H groups in total. The van der Waals surface area contributed by atoms with Crippen LogP contribution in [0, 0.1) is 0 Å². The van der Waals surface area contributed by atoms with Gasteiger partial charge in [-0.15, -0.1) is 0 Å². The Morgan fingerprint density at radius 1 is 1.47 bits per heavy atom. The second-order valence-corrected chi connectivity index (χ2v) is 3.00. The molecule has 0 bridgehead atoms. The molecule has 0 aliphatic carbocycles. The lowest BCUT2D eigenvalue weighted by molar-refractivity contribution is 0.814. The second-order valence-electron chi connectivity index (χ2n) is 3.00. The highest BCUT2D eigenvalue weighted by atomic mass is 16.1. The minimum absolute atomic E-state index is 0.0753. The summed E-state index contributed by atoms with van der Waals surface area (Å²) in [5.41, 5.74) is 0.462. The molecule has 4 nitrogen and oxygen atoms in total. The first kappa shape index (κ1) is 13.4. The molecule has 0 aromatic carbocycles. The fourth-order valence-corrected chi connectivity index (χ4v) is 1.08. The fraction of sp³-hybridized carbons (Fsp3) is 0.455. The van der Waals surface area contributed by atoms with E-state index in [-0.39, 0.29) is 5.56 Å². The number of hydrogen-bond donors (Lipinski definition) is 0. The molecule has 15 heavy (non-hydrogen) atoms. The van der Waals surface area contributed by atoms with Crippen molar-refractivity contribution in [3.05, 3.63) is 28.8 Å². The summed E-state index contributed by atoms with van der Waals surface area (Å²) in [4.78, 5) is 17.5. The summed E-state index contributed by atoms with van der Waals surface area (Å²) >= 11 is 0. The van der Waals surface area contributed by atoms with Gasteiger partial charge in [0.2, 0.25) is 0 Å². The molecule has 0 aliphatic heterocycles. The first-order valence-corrected chi connectivity index (χ1v) is 4.93. The van der Waals surface area contributed by atoms with Crippen molar-refractivity contribution in [2.24, 2.45) is 7.05 Å². The molecule has 0 unspecified atom stereocenters. The molecule has 0 saturated carbocycles. The quantitative estimate of drug-likeness (QED) is 0.741. The maximum Gasteiger partial charge on any atom is 0.262 e. The van der Waals surface area contributed by atoms with E-state index >= 15 is 0 Å². The normalized spacial score (nSPS) is 8.87. The van der Waals surface area contributed by atoms with Crippen molar-refractivity contribution in [1.29, 1.82) is 0 Å². The zero-order valence-electron chi connectivity index (χ0n) is 10.1. The lowest BCUT2D eigenvalue weighted by atomic mass is 10.3. The summed E-state index contributed by atoms with van der Waals surface area (Å²) in [7, 11) is 5.35. The van der Waals surface area contributed by atoms with Crippen LogP contribution in [0.5, 0.6) is 0 Å². The minimum atomic E-state index is -0.0753. The number of aromatic nitrogens is 2. The number of anilines is 1. The Balaban J connectivity index is 0.000000921. The Morgan fingerprint density at radius 2 is 2.00 bits per heavy atom. The lowest BCUT2D eigenvalue weighted by Crippen LogP contribution is -2.24. The third-order valence-electron chi connectivity index (χ3n) is 1.77. The number of rotatable bonds is 2. The molecule has 0 radical (unpaired) electrons. The van der Waals surface area contributed by atoms with Crippen molar-refractivity contribution in [1.82, 2.24) is 9.55 Å². The Bertz CT molecular complexity index is 380. The fourth-order valence-electron chi connectivity index (χ4n) is 1.08. The summed E-state index contributed by atoms with van der Waals surface area (Å²) < 4.78 is 1.43. The molecule has 1 rings (SSSR count). The van der Waals surface area contributed by atoms with E-state index in [0.29, 0.717) is 11.4 Å². The van der Waals surface area contributed by atoms with Crippen LogP contribution in [-0.4, -0.2) is 23.6 Å². The Hall–Kier alpha value is -1.58. The van der Waals surface area contributed by atoms with Gasteiger partial charge in [-0.3, -0.25) is 4.79 Å². The lowest BCUT2D eigenvalue weighted by Gasteiger charge is -2.13. The van der Waals surface area contributed by atoms with Crippen molar-refractivity contribution in [2.75, 3.05) is 19.0 Å². The molecule has 1 heterocycles. The van der Waals surface area contributed by atoms with Gasteiger partial charge in [0.25, 0.3) is 5.56 Å². The highest BCUT2D eigenvalue weighted by molar-refractivity contribution is 5.61. The summed E-state index contributed by atoms with van der Waals surface area (Å²) in [6, 6.07) is 0. The molecule has 0 aliphatic rings. The average molecular weight is 209 g/mol. The van der Waals surface area contributed by atoms with Crippen LogP contribution in [0.15, 0.2) is 17.7 Å². The molecule has 0 amide bonds. The Morgan fingerprint density at radius 3 is 2.40 bits per heavy atom. The molecule has 0 saturated heterocycles. The van der Waals surface area contributed by atoms with E-state index in [9.17, 15) is 4.79 Å². The number of hydrogen-bond acceptors (Lipinski definition) is 3. The highest BCUT2D eigenvalue weighted by Crippen LogP contribution is 2.10. The highest BCUT2D eigenvalue weighted by Gasteiger charge is 2.07. The van der Waals surface area contributed by atoms with E-state index in [0.717, 1.165) is 0 Å². The number of aryl methyl sites for hydroxylation is 1. The molecule has 0 fully saturated rings. The predicted octanol–water partition coefficient (Wildman–Crippen LogP) is 1.52. The summed E-state index contributed by atoms with van der Waals surface area (Å²) in [6.45, 7) is 7.60. The van der Waals surface area contributed by atoms with E-state index in [4.69, 9.17) is 0 Å². The van der Waals surface area contributed by atoms with E-state index in [2.05, 4.69) is 11.6 Å². The smallest absolute Gasteiger partial charge is 0.262 e. The van der Waals surface area contributed by atoms with E-state index < -0.39 is 0 Å². The van der Waals surface area contributed by atoms with E-state index in [1.807, 2.05) is 27.9 Å². The molecule has 84 valence electrons. The van der Waals surface area contributed by atoms with Crippen LogP contribution in [-0.2, 0) is 7.05 Å². The Kier molecular flexibility index (Phi) is 5.37. The standard InChI is InChI=1S/C9H13N3O.C2H6/c1-5-7-8(11(2)3)10-6-12(4)9(7)13;1-2/h5-6H,1H2,2-4H3;1-2H3. The van der Waals surface area contributed by atoms with Gasteiger partial charge in [0.15, 0.2) is 0 Å². The molecule has 1 aromatic rings. The van der Waals surface area contributed by atoms with Crippen LogP contribution < -0.4 is 10.5 Å². The van der Waals surface area contributed by atoms with Crippen molar-refractivity contribution in [3.63, 3.8) is 0 Å². The molecule has 4 heteroatoms.